The molecule has 6 atom stereocenters. The fourth-order valence-corrected chi connectivity index (χ4v) is 8.68. The summed E-state index contributed by atoms with van der Waals surface area (Å²) in [5.41, 5.74) is -4.97. The van der Waals surface area contributed by atoms with Crippen molar-refractivity contribution in [1.29, 1.82) is 0 Å². The summed E-state index contributed by atoms with van der Waals surface area (Å²) in [5.74, 6) is -6.04. The molecule has 3 aliphatic rings. The molecule has 0 heterocycles. The Morgan fingerprint density at radius 3 is 2.15 bits per heavy atom. The summed E-state index contributed by atoms with van der Waals surface area (Å²) in [7, 11) is 0. The molecule has 1 unspecified atom stereocenters. The van der Waals surface area contributed by atoms with Crippen LogP contribution in [-0.4, -0.2) is 43.4 Å². The molecule has 1 aromatic carbocycles. The molecule has 0 radical (unpaired) electrons. The second kappa shape index (κ2) is 9.04. The molecule has 218 valence electrons. The largest absolute Gasteiger partial charge is 0.511 e. The average Bonchev–Trinajstić information content (AvgIpc) is 2.83. The van der Waals surface area contributed by atoms with E-state index in [1.807, 2.05) is 67.5 Å². The Hall–Kier alpha value is -2.93. The number of carbonyl (C=O) groups is 3. The lowest BCUT2D eigenvalue weighted by Crippen LogP contribution is -2.71. The first-order chi connectivity index (χ1) is 18.3. The van der Waals surface area contributed by atoms with Gasteiger partial charge in [-0.3, -0.25) is 14.4 Å². The normalized spacial score (nSPS) is 34.1. The lowest BCUT2D eigenvalue weighted by molar-refractivity contribution is -0.189. The van der Waals surface area contributed by atoms with E-state index in [1.54, 1.807) is 6.92 Å². The third-order valence-electron chi connectivity index (χ3n) is 11.1. The summed E-state index contributed by atoms with van der Waals surface area (Å²) < 4.78 is 0. The number of hydrogen-bond acceptors (Lipinski definition) is 7. The number of benzene rings is 1. The number of phenols is 1. The van der Waals surface area contributed by atoms with E-state index < -0.39 is 68.3 Å². The number of ketones is 3. The van der Waals surface area contributed by atoms with Crippen LogP contribution in [0, 0.1) is 28.6 Å². The maximum Gasteiger partial charge on any atom is 0.209 e. The number of aliphatic hydroxyl groups excluding tert-OH is 2. The molecule has 0 aliphatic heterocycles. The van der Waals surface area contributed by atoms with Crippen LogP contribution in [0.15, 0.2) is 34.8 Å². The van der Waals surface area contributed by atoms with Gasteiger partial charge in [0, 0.05) is 27.9 Å². The molecule has 0 spiro atoms. The molecule has 7 heteroatoms. The van der Waals surface area contributed by atoms with Gasteiger partial charge in [-0.25, -0.2) is 0 Å². The van der Waals surface area contributed by atoms with E-state index in [4.69, 9.17) is 0 Å². The highest BCUT2D eigenvalue weighted by molar-refractivity contribution is 6.25. The topological polar surface area (TPSA) is 132 Å². The highest BCUT2D eigenvalue weighted by Gasteiger charge is 2.74. The molecule has 4 rings (SSSR count). The Balaban J connectivity index is 2.12. The number of aliphatic hydroxyl groups is 3. The van der Waals surface area contributed by atoms with E-state index in [0.717, 1.165) is 19.8 Å². The van der Waals surface area contributed by atoms with Crippen molar-refractivity contribution in [2.75, 3.05) is 0 Å². The van der Waals surface area contributed by atoms with E-state index in [-0.39, 0.29) is 28.6 Å². The predicted octanol–water partition coefficient (Wildman–Crippen LogP) is 6.23. The van der Waals surface area contributed by atoms with Gasteiger partial charge >= 0.3 is 0 Å². The first-order valence-electron chi connectivity index (χ1n) is 14.4. The van der Waals surface area contributed by atoms with Crippen LogP contribution in [0.25, 0.3) is 0 Å². The van der Waals surface area contributed by atoms with Gasteiger partial charge in [0.25, 0.3) is 0 Å². The van der Waals surface area contributed by atoms with Crippen LogP contribution < -0.4 is 0 Å². The van der Waals surface area contributed by atoms with Gasteiger partial charge in [-0.2, -0.15) is 0 Å². The summed E-state index contributed by atoms with van der Waals surface area (Å²) >= 11 is 0. The number of fused-ring (bicyclic) bond motifs is 3. The monoisotopic (exact) mass is 552 g/mol. The number of Topliss-reactive ketones (excluding diaryl/α,β-unsaturated/α-hetero) is 3. The molecule has 0 aromatic heterocycles. The summed E-state index contributed by atoms with van der Waals surface area (Å²) in [5, 5.41) is 47.2. The molecule has 0 fully saturated rings. The zero-order valence-corrected chi connectivity index (χ0v) is 25.4. The quantitative estimate of drug-likeness (QED) is 0.318. The zero-order chi connectivity index (χ0) is 30.5. The Morgan fingerprint density at radius 1 is 1.07 bits per heavy atom. The minimum Gasteiger partial charge on any atom is -0.511 e. The molecule has 3 aliphatic carbocycles. The Labute approximate surface area is 237 Å². The van der Waals surface area contributed by atoms with E-state index in [0.29, 0.717) is 11.1 Å². The molecular formula is C33H44O7. The van der Waals surface area contributed by atoms with Crippen LogP contribution in [0.4, 0.5) is 0 Å². The van der Waals surface area contributed by atoms with Crippen molar-refractivity contribution in [3.63, 3.8) is 0 Å². The van der Waals surface area contributed by atoms with Crippen molar-refractivity contribution in [3.8, 4) is 5.75 Å². The van der Waals surface area contributed by atoms with Crippen LogP contribution in [0.1, 0.15) is 109 Å². The number of allylic oxidation sites excluding steroid dienone is 2. The van der Waals surface area contributed by atoms with Crippen LogP contribution in [0.2, 0.25) is 0 Å². The third kappa shape index (κ3) is 3.30. The van der Waals surface area contributed by atoms with Crippen LogP contribution in [0.3, 0.4) is 0 Å². The van der Waals surface area contributed by atoms with Gasteiger partial charge in [0.2, 0.25) is 5.78 Å². The van der Waals surface area contributed by atoms with Gasteiger partial charge < -0.3 is 20.4 Å². The molecule has 0 bridgehead atoms. The van der Waals surface area contributed by atoms with E-state index >= 15 is 0 Å². The SMILES string of the molecule is CCCC(C)(C)c1ccc2c(c1O)C(=O)C1=C(O)[C@@]3(O)C(=O)C(C(C)=O)=C(O)C(C(C)C)[C@@]3(C)[C@H](C)[C@@]1(C)[C@@H]2C. The lowest BCUT2D eigenvalue weighted by Gasteiger charge is -2.64. The highest BCUT2D eigenvalue weighted by atomic mass is 16.3. The minimum absolute atomic E-state index is 0.0708. The van der Waals surface area contributed by atoms with Crippen molar-refractivity contribution in [3.05, 3.63) is 51.5 Å². The van der Waals surface area contributed by atoms with Gasteiger partial charge in [0.1, 0.15) is 22.8 Å². The summed E-state index contributed by atoms with van der Waals surface area (Å²) in [6.45, 7) is 18.1. The molecule has 0 amide bonds. The average molecular weight is 553 g/mol. The second-order valence-electron chi connectivity index (χ2n) is 13.7. The maximum atomic E-state index is 14.4. The molecule has 4 N–H and O–H groups in total. The second-order valence-corrected chi connectivity index (χ2v) is 13.7. The molecule has 1 aromatic rings. The van der Waals surface area contributed by atoms with E-state index in [1.165, 1.54) is 0 Å². The van der Waals surface area contributed by atoms with E-state index in [9.17, 15) is 34.8 Å². The van der Waals surface area contributed by atoms with Gasteiger partial charge in [-0.05, 0) is 42.1 Å². The van der Waals surface area contributed by atoms with Crippen molar-refractivity contribution in [1.82, 2.24) is 0 Å². The number of hydrogen-bond donors (Lipinski definition) is 4. The predicted molar refractivity (Wildman–Crippen MR) is 152 cm³/mol. The van der Waals surface area contributed by atoms with Gasteiger partial charge in [-0.1, -0.05) is 80.9 Å². The Bertz CT molecular complexity index is 1400. The van der Waals surface area contributed by atoms with Crippen LogP contribution in [0.5, 0.6) is 5.75 Å². The molecular weight excluding hydrogens is 508 g/mol. The van der Waals surface area contributed by atoms with Gasteiger partial charge in [0.05, 0.1) is 5.56 Å². The lowest BCUT2D eigenvalue weighted by atomic mass is 9.39. The summed E-state index contributed by atoms with van der Waals surface area (Å²) in [6.07, 6.45) is 1.65. The highest BCUT2D eigenvalue weighted by Crippen LogP contribution is 2.70. The minimum atomic E-state index is -2.63. The smallest absolute Gasteiger partial charge is 0.209 e. The number of carbonyl (C=O) groups excluding carboxylic acids is 3. The van der Waals surface area contributed by atoms with Crippen molar-refractivity contribution in [2.45, 2.75) is 99.0 Å². The number of rotatable bonds is 5. The summed E-state index contributed by atoms with van der Waals surface area (Å²) in [6, 6.07) is 3.74. The number of phenolic OH excluding ortho intramolecular Hbond substituents is 1. The third-order valence-corrected chi connectivity index (χ3v) is 11.1. The van der Waals surface area contributed by atoms with Gasteiger partial charge in [0.15, 0.2) is 17.2 Å². The van der Waals surface area contributed by atoms with Crippen molar-refractivity contribution < 1.29 is 34.8 Å². The zero-order valence-electron chi connectivity index (χ0n) is 25.4. The fraction of sp³-hybridized carbons (Fsp3) is 0.606. The van der Waals surface area contributed by atoms with Crippen LogP contribution >= 0.6 is 0 Å². The Kier molecular flexibility index (Phi) is 6.79. The maximum absolute atomic E-state index is 14.4. The van der Waals surface area contributed by atoms with Crippen LogP contribution in [-0.2, 0) is 15.0 Å². The van der Waals surface area contributed by atoms with Gasteiger partial charge in [-0.15, -0.1) is 0 Å². The molecule has 0 saturated heterocycles. The molecule has 0 saturated carbocycles. The van der Waals surface area contributed by atoms with E-state index in [2.05, 4.69) is 0 Å². The summed E-state index contributed by atoms with van der Waals surface area (Å²) in [4.78, 5) is 41.0. The Morgan fingerprint density at radius 2 is 1.65 bits per heavy atom. The molecule has 7 nitrogen and oxygen atoms in total. The fourth-order valence-electron chi connectivity index (χ4n) is 8.68. The van der Waals surface area contributed by atoms with Crippen molar-refractivity contribution >= 4 is 17.3 Å². The molecule has 40 heavy (non-hydrogen) atoms. The number of aromatic hydroxyl groups is 1. The standard InChI is InChI=1S/C33H44O7/c1-11-14-30(7,8)20-13-12-19-16(4)31(9)18(6)32(10)23(15(2)3)26(36)21(17(5)34)28(38)33(32,40)29(39)24(31)27(37)22(19)25(20)35/h12-13,15-16,18,23,35-36,39-40H,11,14H2,1-10H3/t16-,18-,23?,31-,32-,33+/m1/s1. The first-order valence-corrected chi connectivity index (χ1v) is 14.4. The first kappa shape index (κ1) is 30.0. The van der Waals surface area contributed by atoms with Crippen molar-refractivity contribution in [2.24, 2.45) is 28.6 Å².